The lowest BCUT2D eigenvalue weighted by molar-refractivity contribution is -0.135. The number of likely N-dealkylation sites (tertiary alicyclic amines) is 1. The van der Waals surface area contributed by atoms with Crippen LogP contribution < -0.4 is 31.4 Å². The van der Waals surface area contributed by atoms with Crippen molar-refractivity contribution >= 4 is 34.2 Å². The van der Waals surface area contributed by atoms with E-state index in [-0.39, 0.29) is 40.5 Å². The number of amides is 2. The molecular formula is C43H46FN9O6. The number of pyridine rings is 2. The van der Waals surface area contributed by atoms with Crippen molar-refractivity contribution in [3.05, 3.63) is 117 Å². The summed E-state index contributed by atoms with van der Waals surface area (Å²) < 4.78 is 31.5. The lowest BCUT2D eigenvalue weighted by atomic mass is 10.0. The lowest BCUT2D eigenvalue weighted by Gasteiger charge is -2.33. The maximum Gasteiger partial charge on any atom is 0.337 e. The van der Waals surface area contributed by atoms with E-state index in [0.717, 1.165) is 21.7 Å². The van der Waals surface area contributed by atoms with Crippen LogP contribution in [0.1, 0.15) is 68.5 Å². The molecule has 4 aromatic heterocycles. The van der Waals surface area contributed by atoms with Crippen LogP contribution in [0, 0.1) is 11.7 Å². The number of ether oxygens (including phenoxy) is 2. The highest BCUT2D eigenvalue weighted by molar-refractivity contribution is 6.04. The highest BCUT2D eigenvalue weighted by Gasteiger charge is 2.29. The normalized spacial score (nSPS) is 13.3. The second-order valence-electron chi connectivity index (χ2n) is 14.9. The Hall–Kier alpha value is -6.84. The fraction of sp³-hybridized carbons (Fsp3) is 0.326. The molecule has 2 aromatic carbocycles. The minimum absolute atomic E-state index is 0.0645. The van der Waals surface area contributed by atoms with Crippen LogP contribution in [0.15, 0.2) is 88.8 Å². The quantitative estimate of drug-likeness (QED) is 0.145. The summed E-state index contributed by atoms with van der Waals surface area (Å²) >= 11 is 0. The Labute approximate surface area is 339 Å². The van der Waals surface area contributed by atoms with E-state index in [9.17, 15) is 19.2 Å². The monoisotopic (exact) mass is 803 g/mol. The molecule has 2 N–H and O–H groups in total. The Balaban J connectivity index is 1.25. The van der Waals surface area contributed by atoms with Crippen molar-refractivity contribution in [2.45, 2.75) is 59.2 Å². The summed E-state index contributed by atoms with van der Waals surface area (Å²) in [5.41, 5.74) is 0.295. The van der Waals surface area contributed by atoms with E-state index in [4.69, 9.17) is 14.6 Å². The highest BCUT2D eigenvalue weighted by atomic mass is 19.1. The second kappa shape index (κ2) is 16.9. The average Bonchev–Trinajstić information content (AvgIpc) is 3.63. The summed E-state index contributed by atoms with van der Waals surface area (Å²) in [5.74, 6) is 0.276. The molecule has 1 aliphatic heterocycles. The lowest BCUT2D eigenvalue weighted by Crippen LogP contribution is -2.43. The van der Waals surface area contributed by atoms with Crippen molar-refractivity contribution in [3.63, 3.8) is 0 Å². The maximum atomic E-state index is 16.5. The van der Waals surface area contributed by atoms with Gasteiger partial charge in [0.05, 0.1) is 31.2 Å². The highest BCUT2D eigenvalue weighted by Crippen LogP contribution is 2.38. The van der Waals surface area contributed by atoms with Crippen LogP contribution in [0.4, 0.5) is 15.9 Å². The van der Waals surface area contributed by atoms with E-state index >= 15 is 4.39 Å². The summed E-state index contributed by atoms with van der Waals surface area (Å²) in [5, 5.41) is 11.7. The van der Waals surface area contributed by atoms with Gasteiger partial charge >= 0.3 is 5.69 Å². The molecule has 0 bridgehead atoms. The van der Waals surface area contributed by atoms with Gasteiger partial charge in [0.1, 0.15) is 40.2 Å². The van der Waals surface area contributed by atoms with Crippen LogP contribution in [0.3, 0.4) is 0 Å². The summed E-state index contributed by atoms with van der Waals surface area (Å²) in [6, 6.07) is 15.9. The van der Waals surface area contributed by atoms with E-state index in [2.05, 4.69) is 20.6 Å². The molecule has 15 nitrogen and oxygen atoms in total. The van der Waals surface area contributed by atoms with Gasteiger partial charge in [-0.2, -0.15) is 5.10 Å². The molecule has 0 atom stereocenters. The number of fused-ring (bicyclic) bond motifs is 1. The predicted molar refractivity (Wildman–Crippen MR) is 222 cm³/mol. The third-order valence-electron chi connectivity index (χ3n) is 10.5. The number of rotatable bonds is 12. The van der Waals surface area contributed by atoms with Crippen molar-refractivity contribution in [3.8, 4) is 28.6 Å². The first-order valence-electron chi connectivity index (χ1n) is 19.4. The maximum absolute atomic E-state index is 16.5. The first kappa shape index (κ1) is 40.4. The van der Waals surface area contributed by atoms with Gasteiger partial charge in [-0.25, -0.2) is 23.7 Å². The van der Waals surface area contributed by atoms with Crippen LogP contribution in [0.2, 0.25) is 0 Å². The van der Waals surface area contributed by atoms with Crippen LogP contribution in [-0.2, 0) is 11.3 Å². The van der Waals surface area contributed by atoms with Gasteiger partial charge in [-0.1, -0.05) is 19.9 Å². The second-order valence-corrected chi connectivity index (χ2v) is 14.9. The van der Waals surface area contributed by atoms with E-state index in [1.807, 2.05) is 41.6 Å². The Bertz CT molecular complexity index is 2650. The molecule has 7 rings (SSSR count). The summed E-state index contributed by atoms with van der Waals surface area (Å²) in [6.45, 7) is 8.73. The van der Waals surface area contributed by atoms with Crippen LogP contribution in [0.5, 0.6) is 11.5 Å². The zero-order chi connectivity index (χ0) is 42.0. The molecule has 1 fully saturated rings. The van der Waals surface area contributed by atoms with Gasteiger partial charge in [0.2, 0.25) is 5.91 Å². The number of methoxy groups -OCH3 is 2. The topological polar surface area (TPSA) is 168 Å². The molecule has 16 heteroatoms. The molecule has 306 valence electrons. The number of hydrogen-bond donors (Lipinski definition) is 2. The molecule has 0 spiro atoms. The number of benzene rings is 2. The van der Waals surface area contributed by atoms with E-state index in [0.29, 0.717) is 60.9 Å². The third kappa shape index (κ3) is 8.02. The SMILES string of the molecule is COc1ccc(CNc2nccc3c2c(-c2ccc(NC(=O)c4cn(C(C)C)c(=O)n(-c5ccccn5)c4=O)cc2F)nn3C2CCN(C(=O)C(C)C)CC2)c(OC)c1. The fourth-order valence-electron chi connectivity index (χ4n) is 7.33. The Kier molecular flexibility index (Phi) is 11.6. The molecule has 6 aromatic rings. The average molecular weight is 804 g/mol. The molecule has 1 saturated heterocycles. The molecule has 0 radical (unpaired) electrons. The van der Waals surface area contributed by atoms with Crippen molar-refractivity contribution in [2.75, 3.05) is 37.9 Å². The molecule has 1 aliphatic rings. The van der Waals surface area contributed by atoms with Crippen LogP contribution in [0.25, 0.3) is 28.0 Å². The molecule has 5 heterocycles. The van der Waals surface area contributed by atoms with Gasteiger partial charge in [-0.05, 0) is 75.2 Å². The first-order chi connectivity index (χ1) is 28.4. The minimum Gasteiger partial charge on any atom is -0.497 e. The molecular weight excluding hydrogens is 758 g/mol. The molecule has 59 heavy (non-hydrogen) atoms. The largest absolute Gasteiger partial charge is 0.497 e. The smallest absolute Gasteiger partial charge is 0.337 e. The van der Waals surface area contributed by atoms with Gasteiger partial charge < -0.3 is 25.0 Å². The van der Waals surface area contributed by atoms with Gasteiger partial charge in [0, 0.05) is 73.1 Å². The Morgan fingerprint density at radius 2 is 1.71 bits per heavy atom. The number of halogens is 1. The van der Waals surface area contributed by atoms with Gasteiger partial charge in [-0.3, -0.25) is 23.6 Å². The first-order valence-corrected chi connectivity index (χ1v) is 19.4. The van der Waals surface area contributed by atoms with Crippen LogP contribution >= 0.6 is 0 Å². The standard InChI is InChI=1S/C43H46FN9O6/c1-25(2)41(55)50-19-15-29(16-20-50)53-34-14-18-46-39(47-23-27-10-12-30(58-5)22-35(27)59-6)37(34)38(49-53)31-13-11-28(21-33(31)44)48-40(54)32-24-51(26(3)4)43(57)52(42(32)56)36-9-7-8-17-45-36/h7-14,17-18,21-22,24-26,29H,15-16,19-20,23H2,1-6H3,(H,46,47)(H,48,54). The zero-order valence-corrected chi connectivity index (χ0v) is 33.7. The number of carbonyl (C=O) groups is 2. The van der Waals surface area contributed by atoms with Crippen LogP contribution in [-0.4, -0.2) is 72.9 Å². The number of nitrogens with zero attached hydrogens (tertiary/aromatic N) is 7. The van der Waals surface area contributed by atoms with Crippen molar-refractivity contribution < 1.29 is 23.5 Å². The minimum atomic E-state index is -0.864. The number of anilines is 2. The number of hydrogen-bond acceptors (Lipinski definition) is 10. The number of piperidine rings is 1. The Morgan fingerprint density at radius 3 is 2.37 bits per heavy atom. The van der Waals surface area contributed by atoms with E-state index in [1.54, 1.807) is 52.5 Å². The Morgan fingerprint density at radius 1 is 0.932 bits per heavy atom. The van der Waals surface area contributed by atoms with Crippen molar-refractivity contribution in [1.82, 2.24) is 33.8 Å². The third-order valence-corrected chi connectivity index (χ3v) is 10.5. The molecule has 0 saturated carbocycles. The number of aromatic nitrogens is 6. The molecule has 0 unspecified atom stereocenters. The summed E-state index contributed by atoms with van der Waals surface area (Å²) in [4.78, 5) is 64.1. The van der Waals surface area contributed by atoms with E-state index < -0.39 is 29.0 Å². The predicted octanol–water partition coefficient (Wildman–Crippen LogP) is 6.23. The summed E-state index contributed by atoms with van der Waals surface area (Å²) in [6.07, 6.45) is 5.63. The van der Waals surface area contributed by atoms with Gasteiger partial charge in [-0.15, -0.1) is 0 Å². The van der Waals surface area contributed by atoms with Crippen molar-refractivity contribution in [1.29, 1.82) is 0 Å². The fourth-order valence-corrected chi connectivity index (χ4v) is 7.33. The van der Waals surface area contributed by atoms with Gasteiger partial charge in [0.15, 0.2) is 0 Å². The number of carbonyl (C=O) groups excluding carboxylic acids is 2. The zero-order valence-electron chi connectivity index (χ0n) is 33.7. The molecule has 2 amide bonds. The molecule has 0 aliphatic carbocycles. The van der Waals surface area contributed by atoms with Gasteiger partial charge in [0.25, 0.3) is 11.5 Å². The van der Waals surface area contributed by atoms with Crippen molar-refractivity contribution in [2.24, 2.45) is 5.92 Å². The summed E-state index contributed by atoms with van der Waals surface area (Å²) in [7, 11) is 3.16. The van der Waals surface area contributed by atoms with E-state index in [1.165, 1.54) is 35.2 Å². The number of nitrogens with one attached hydrogen (secondary N) is 2.